The number of urea groups is 1. The Morgan fingerprint density at radius 1 is 0.750 bits per heavy atom. The van der Waals surface area contributed by atoms with Crippen molar-refractivity contribution in [1.29, 1.82) is 0 Å². The van der Waals surface area contributed by atoms with Gasteiger partial charge in [0.05, 0.1) is 29.0 Å². The summed E-state index contributed by atoms with van der Waals surface area (Å²) in [5.41, 5.74) is 4.29. The lowest BCUT2D eigenvalue weighted by Crippen LogP contribution is -2.71. The van der Waals surface area contributed by atoms with Crippen molar-refractivity contribution in [3.8, 4) is 0 Å². The Kier molecular flexibility index (Phi) is 7.18. The van der Waals surface area contributed by atoms with Crippen LogP contribution in [0.5, 0.6) is 0 Å². The zero-order chi connectivity index (χ0) is 30.2. The zero-order valence-corrected chi connectivity index (χ0v) is 24.1. The van der Waals surface area contributed by atoms with E-state index < -0.39 is 30.0 Å². The molecule has 4 aromatic rings. The number of amides is 3. The molecule has 220 valence electrons. The van der Waals surface area contributed by atoms with Gasteiger partial charge in [-0.3, -0.25) is 14.7 Å². The number of rotatable bonds is 4. The highest BCUT2D eigenvalue weighted by Crippen LogP contribution is 2.42. The van der Waals surface area contributed by atoms with Crippen LogP contribution in [0.2, 0.25) is 0 Å². The van der Waals surface area contributed by atoms with Crippen LogP contribution in [0, 0.1) is 0 Å². The van der Waals surface area contributed by atoms with Crippen LogP contribution in [-0.4, -0.2) is 63.7 Å². The molecule has 3 heterocycles. The van der Waals surface area contributed by atoms with E-state index in [2.05, 4.69) is 4.99 Å². The van der Waals surface area contributed by atoms with E-state index in [-0.39, 0.29) is 18.5 Å². The number of anilines is 2. The number of piperidine rings is 1. The lowest BCUT2D eigenvalue weighted by atomic mass is 9.82. The third kappa shape index (κ3) is 4.72. The van der Waals surface area contributed by atoms with Gasteiger partial charge >= 0.3 is 12.0 Å². The summed E-state index contributed by atoms with van der Waals surface area (Å²) in [5.74, 6) is -1.84. The first-order valence-electron chi connectivity index (χ1n) is 15.0. The minimum Gasteiger partial charge on any atom is -0.480 e. The molecule has 0 aromatic heterocycles. The molecule has 3 atom stereocenters. The third-order valence-corrected chi connectivity index (χ3v) is 9.00. The number of hydrogen-bond acceptors (Lipinski definition) is 4. The number of fused-ring (bicyclic) bond motifs is 4. The number of carbonyl (C=O) groups is 3. The number of hydrogen-bond donors (Lipinski definition) is 1. The largest absolute Gasteiger partial charge is 0.480 e. The Hall–Kier alpha value is -5.24. The van der Waals surface area contributed by atoms with Crippen molar-refractivity contribution in [2.24, 2.45) is 4.99 Å². The smallest absolute Gasteiger partial charge is 0.330 e. The number of piperazine rings is 1. The first-order valence-corrected chi connectivity index (χ1v) is 15.0. The highest BCUT2D eigenvalue weighted by molar-refractivity contribution is 6.09. The predicted molar refractivity (Wildman–Crippen MR) is 169 cm³/mol. The fraction of sp³-hybridized carbons (Fsp3) is 0.222. The van der Waals surface area contributed by atoms with Crippen molar-refractivity contribution in [3.05, 3.63) is 126 Å². The van der Waals surface area contributed by atoms with E-state index in [1.54, 1.807) is 16.0 Å². The van der Waals surface area contributed by atoms with Crippen LogP contribution >= 0.6 is 0 Å². The Morgan fingerprint density at radius 3 is 2.05 bits per heavy atom. The maximum atomic E-state index is 14.7. The zero-order valence-electron chi connectivity index (χ0n) is 24.1. The monoisotopic (exact) mass is 584 g/mol. The normalized spacial score (nSPS) is 20.5. The maximum Gasteiger partial charge on any atom is 0.330 e. The van der Waals surface area contributed by atoms with E-state index >= 15 is 0 Å². The Bertz CT molecular complexity index is 1650. The molecule has 1 N–H and O–H groups in total. The Labute approximate surface area is 255 Å². The highest BCUT2D eigenvalue weighted by Gasteiger charge is 2.52. The van der Waals surface area contributed by atoms with Crippen LogP contribution in [0.4, 0.5) is 21.9 Å². The van der Waals surface area contributed by atoms with E-state index in [4.69, 9.17) is 0 Å². The van der Waals surface area contributed by atoms with Crippen LogP contribution in [0.15, 0.2) is 114 Å². The topological polar surface area (TPSA) is 93.5 Å². The van der Waals surface area contributed by atoms with Gasteiger partial charge in [0, 0.05) is 24.4 Å². The number of aliphatic imine (C=N–C) groups is 1. The van der Waals surface area contributed by atoms with Crippen molar-refractivity contribution in [2.75, 3.05) is 11.4 Å². The molecule has 3 aliphatic heterocycles. The van der Waals surface area contributed by atoms with Gasteiger partial charge in [-0.1, -0.05) is 91.0 Å². The molecule has 0 unspecified atom stereocenters. The number of carbonyl (C=O) groups excluding carboxylic acids is 2. The first-order chi connectivity index (χ1) is 21.5. The van der Waals surface area contributed by atoms with Gasteiger partial charge in [-0.15, -0.1) is 0 Å². The molecule has 8 heteroatoms. The molecule has 3 aliphatic rings. The molecule has 2 fully saturated rings. The number of para-hydroxylation sites is 3. The Balaban J connectivity index is 1.29. The van der Waals surface area contributed by atoms with Crippen molar-refractivity contribution in [1.82, 2.24) is 9.80 Å². The van der Waals surface area contributed by atoms with Crippen molar-refractivity contribution < 1.29 is 19.5 Å². The van der Waals surface area contributed by atoms with Crippen LogP contribution in [0.25, 0.3) is 0 Å². The minimum absolute atomic E-state index is 0.121. The van der Waals surface area contributed by atoms with Gasteiger partial charge in [0.25, 0.3) is 0 Å². The second-order valence-corrected chi connectivity index (χ2v) is 11.5. The summed E-state index contributed by atoms with van der Waals surface area (Å²) in [6.45, 7) is 0.121. The number of benzene rings is 4. The molecule has 3 amide bonds. The van der Waals surface area contributed by atoms with E-state index in [0.29, 0.717) is 29.9 Å². The molecule has 0 radical (unpaired) electrons. The van der Waals surface area contributed by atoms with Gasteiger partial charge in [-0.05, 0) is 48.6 Å². The minimum atomic E-state index is -1.21. The van der Waals surface area contributed by atoms with Crippen LogP contribution in [0.1, 0.15) is 41.9 Å². The molecule has 2 bridgehead atoms. The molecule has 4 aromatic carbocycles. The molecule has 0 saturated carbocycles. The summed E-state index contributed by atoms with van der Waals surface area (Å²) in [6.07, 6.45) is 3.70. The summed E-state index contributed by atoms with van der Waals surface area (Å²) in [5, 5.41) is 10.7. The molecule has 0 spiro atoms. The molecule has 7 rings (SSSR count). The lowest BCUT2D eigenvalue weighted by molar-refractivity contribution is -0.158. The molecule has 8 nitrogen and oxygen atoms in total. The predicted octanol–water partition coefficient (Wildman–Crippen LogP) is 6.36. The molecule has 2 saturated heterocycles. The molecule has 0 aliphatic carbocycles. The van der Waals surface area contributed by atoms with E-state index in [1.807, 2.05) is 109 Å². The fourth-order valence-electron chi connectivity index (χ4n) is 7.07. The second kappa shape index (κ2) is 11.4. The third-order valence-electron chi connectivity index (χ3n) is 9.00. The summed E-state index contributed by atoms with van der Waals surface area (Å²) in [7, 11) is 0. The van der Waals surface area contributed by atoms with Gasteiger partial charge in [0.1, 0.15) is 0 Å². The Morgan fingerprint density at radius 2 is 1.36 bits per heavy atom. The average molecular weight is 585 g/mol. The highest BCUT2D eigenvalue weighted by atomic mass is 16.4. The van der Waals surface area contributed by atoms with E-state index in [1.165, 1.54) is 4.90 Å². The second-order valence-electron chi connectivity index (χ2n) is 11.5. The number of aliphatic carboxylic acids is 1. The van der Waals surface area contributed by atoms with Gasteiger partial charge in [-0.25, -0.2) is 9.59 Å². The van der Waals surface area contributed by atoms with Crippen LogP contribution in [0.3, 0.4) is 0 Å². The van der Waals surface area contributed by atoms with Crippen LogP contribution < -0.4 is 4.90 Å². The number of likely N-dealkylation sites (tertiary alicyclic amines) is 1. The summed E-state index contributed by atoms with van der Waals surface area (Å²) < 4.78 is 0. The van der Waals surface area contributed by atoms with Gasteiger partial charge < -0.3 is 14.9 Å². The van der Waals surface area contributed by atoms with Gasteiger partial charge in [0.15, 0.2) is 6.04 Å². The molecular formula is C36H32N4O4. The van der Waals surface area contributed by atoms with Crippen molar-refractivity contribution in [3.63, 3.8) is 0 Å². The van der Waals surface area contributed by atoms with E-state index in [9.17, 15) is 19.5 Å². The van der Waals surface area contributed by atoms with Gasteiger partial charge in [0.2, 0.25) is 5.91 Å². The molecule has 44 heavy (non-hydrogen) atoms. The SMILES string of the molecule is O=C(O)[C@@H]1[C@H]2CCC[C@@H](CN1C(=O)N1c3ccccc3C=Nc3ccccc31)N2C(=O)C(c1ccccc1)c1ccccc1. The molecular weight excluding hydrogens is 552 g/mol. The van der Waals surface area contributed by atoms with Crippen molar-refractivity contribution in [2.45, 2.75) is 43.3 Å². The summed E-state index contributed by atoms with van der Waals surface area (Å²) in [6, 6.07) is 31.5. The van der Waals surface area contributed by atoms with Crippen molar-refractivity contribution >= 4 is 41.2 Å². The number of nitrogens with zero attached hydrogens (tertiary/aromatic N) is 4. The van der Waals surface area contributed by atoms with Gasteiger partial charge in [-0.2, -0.15) is 0 Å². The number of carboxylic acid groups (broad SMARTS) is 1. The lowest BCUT2D eigenvalue weighted by Gasteiger charge is -2.54. The first kappa shape index (κ1) is 27.6. The summed E-state index contributed by atoms with van der Waals surface area (Å²) in [4.78, 5) is 51.9. The van der Waals surface area contributed by atoms with Crippen LogP contribution in [-0.2, 0) is 9.59 Å². The standard InChI is InChI=1S/C36H32N4O4/c41-34(32(24-12-3-1-4-13-24)25-14-5-2-6-15-25)39-27-17-11-21-31(39)33(35(42)43)38(23-27)36(44)40-29-19-9-7-16-26(29)22-37-28-18-8-10-20-30(28)40/h1-10,12-16,18-20,22,27,31-33H,11,17,21,23H2,(H,42,43)/t27-,31+,33-/m0/s1. The fourth-order valence-corrected chi connectivity index (χ4v) is 7.07. The quantitative estimate of drug-likeness (QED) is 0.302. The maximum absolute atomic E-state index is 14.7. The average Bonchev–Trinajstić information content (AvgIpc) is 3.22. The summed E-state index contributed by atoms with van der Waals surface area (Å²) >= 11 is 0. The number of carboxylic acids is 1. The van der Waals surface area contributed by atoms with E-state index in [0.717, 1.165) is 23.1 Å².